The quantitative estimate of drug-likeness (QED) is 0.200. The molecule has 0 atom stereocenters. The number of carbonyl (C=O) groups is 1. The maximum absolute atomic E-state index is 14.8. The molecule has 4 N–H and O–H groups in total. The van der Waals surface area contributed by atoms with Gasteiger partial charge in [-0.25, -0.2) is 9.11 Å². The lowest BCUT2D eigenvalue weighted by Crippen LogP contribution is -2.31. The Balaban J connectivity index is 0.00000205. The number of aryl methyl sites for hydroxylation is 1. The third-order valence-electron chi connectivity index (χ3n) is 6.06. The van der Waals surface area contributed by atoms with Crippen LogP contribution in [0.1, 0.15) is 48.2 Å². The lowest BCUT2D eigenvalue weighted by atomic mass is 10.1. The molecule has 0 bridgehead atoms. The van der Waals surface area contributed by atoms with Crippen LogP contribution in [-0.4, -0.2) is 24.1 Å². The molecule has 0 spiro atoms. The molecule has 1 aliphatic rings. The van der Waals surface area contributed by atoms with Crippen LogP contribution < -0.4 is 30.4 Å². The number of nitrogens with one attached hydrogen (secondary N) is 4. The minimum Gasteiger partial charge on any atom is -0.454 e. The lowest BCUT2D eigenvalue weighted by molar-refractivity contribution is 0.0949. The van der Waals surface area contributed by atoms with Crippen molar-refractivity contribution in [2.45, 2.75) is 40.5 Å². The highest BCUT2D eigenvalue weighted by Crippen LogP contribution is 2.40. The number of amides is 1. The zero-order valence-corrected chi connectivity index (χ0v) is 24.6. The number of rotatable bonds is 10. The number of benzene rings is 2. The van der Waals surface area contributed by atoms with Crippen molar-refractivity contribution < 1.29 is 13.9 Å². The molecule has 3 aromatic rings. The highest BCUT2D eigenvalue weighted by molar-refractivity contribution is 7.98. The molecule has 11 heteroatoms. The molecular formula is C28H35ClFN5O3S. The molecule has 210 valence electrons. The largest absolute Gasteiger partial charge is 0.454 e. The Morgan fingerprint density at radius 1 is 1.18 bits per heavy atom. The number of carbonyl (C=O) groups excluding carboxylic acids is 1. The third kappa shape index (κ3) is 7.26. The molecule has 1 fully saturated rings. The van der Waals surface area contributed by atoms with Crippen molar-refractivity contribution in [2.75, 3.05) is 23.6 Å². The molecule has 1 heterocycles. The molecule has 0 aliphatic heterocycles. The number of anilines is 3. The monoisotopic (exact) mass is 575 g/mol. The SMILES string of the molecule is CC.CNSNc1cccc(Oc2c(C(=O)NCC3CC3)c(Nc3ccc(C)cc3F)n(C)c(=O)c2C)c1Cl. The second-order valence-corrected chi connectivity index (χ2v) is 10.1. The van der Waals surface area contributed by atoms with Crippen LogP contribution >= 0.6 is 23.7 Å². The van der Waals surface area contributed by atoms with E-state index in [-0.39, 0.29) is 39.2 Å². The minimum absolute atomic E-state index is 0.0479. The van der Waals surface area contributed by atoms with Gasteiger partial charge < -0.3 is 20.1 Å². The van der Waals surface area contributed by atoms with E-state index in [1.54, 1.807) is 51.2 Å². The summed E-state index contributed by atoms with van der Waals surface area (Å²) < 4.78 is 28.2. The Morgan fingerprint density at radius 2 is 1.90 bits per heavy atom. The first-order chi connectivity index (χ1) is 18.7. The summed E-state index contributed by atoms with van der Waals surface area (Å²) in [6.45, 7) is 7.86. The number of pyridine rings is 1. The van der Waals surface area contributed by atoms with Gasteiger partial charge in [0, 0.05) is 25.7 Å². The average Bonchev–Trinajstić information content (AvgIpc) is 3.76. The molecule has 1 amide bonds. The van der Waals surface area contributed by atoms with E-state index < -0.39 is 17.3 Å². The Kier molecular flexibility index (Phi) is 10.7. The van der Waals surface area contributed by atoms with E-state index in [1.165, 1.54) is 29.8 Å². The number of hydrogen-bond donors (Lipinski definition) is 4. The second kappa shape index (κ2) is 13.7. The molecule has 1 aliphatic carbocycles. The van der Waals surface area contributed by atoms with Gasteiger partial charge in [0.05, 0.1) is 16.9 Å². The molecular weight excluding hydrogens is 541 g/mol. The second-order valence-electron chi connectivity index (χ2n) is 8.93. The fourth-order valence-corrected chi connectivity index (χ4v) is 4.43. The van der Waals surface area contributed by atoms with E-state index in [1.807, 2.05) is 13.8 Å². The first kappa shape index (κ1) is 30.3. The standard InChI is InChI=1S/C26H29ClFN5O3S.C2H6/c1-14-8-11-18(17(28)12-14)31-24-21(25(34)30-13-16-9-10-16)23(15(2)26(35)33(24)4)36-20-7-5-6-19(22(20)27)32-37-29-3;1-2/h5-8,11-12,16,29,31-32H,9-10,13H2,1-4H3,(H,30,34);1-2H3. The smallest absolute Gasteiger partial charge is 0.258 e. The van der Waals surface area contributed by atoms with E-state index >= 15 is 0 Å². The summed E-state index contributed by atoms with van der Waals surface area (Å²) in [5.41, 5.74) is 1.35. The van der Waals surface area contributed by atoms with Gasteiger partial charge >= 0.3 is 0 Å². The van der Waals surface area contributed by atoms with Crippen LogP contribution in [0.2, 0.25) is 5.02 Å². The van der Waals surface area contributed by atoms with E-state index in [0.29, 0.717) is 18.2 Å². The number of hydrogen-bond acceptors (Lipinski definition) is 7. The van der Waals surface area contributed by atoms with E-state index in [2.05, 4.69) is 20.1 Å². The Labute approximate surface area is 237 Å². The maximum atomic E-state index is 14.8. The normalized spacial score (nSPS) is 12.3. The predicted octanol–water partition coefficient (Wildman–Crippen LogP) is 6.69. The Morgan fingerprint density at radius 3 is 2.54 bits per heavy atom. The van der Waals surface area contributed by atoms with Crippen molar-refractivity contribution in [3.8, 4) is 11.5 Å². The average molecular weight is 576 g/mol. The van der Waals surface area contributed by atoms with Gasteiger partial charge in [-0.15, -0.1) is 0 Å². The van der Waals surface area contributed by atoms with Gasteiger partial charge in [0.25, 0.3) is 11.5 Å². The molecule has 0 saturated heterocycles. The van der Waals surface area contributed by atoms with Crippen LogP contribution in [0.3, 0.4) is 0 Å². The highest BCUT2D eigenvalue weighted by Gasteiger charge is 2.29. The predicted molar refractivity (Wildman–Crippen MR) is 159 cm³/mol. The molecule has 1 saturated carbocycles. The van der Waals surface area contributed by atoms with Gasteiger partial charge in [0.1, 0.15) is 28.0 Å². The maximum Gasteiger partial charge on any atom is 0.258 e. The van der Waals surface area contributed by atoms with Crippen molar-refractivity contribution in [1.82, 2.24) is 14.6 Å². The van der Waals surface area contributed by atoms with Crippen LogP contribution in [0.5, 0.6) is 11.5 Å². The summed E-state index contributed by atoms with van der Waals surface area (Å²) in [7, 11) is 3.28. The summed E-state index contributed by atoms with van der Waals surface area (Å²) in [6.07, 6.45) is 2.10. The number of aromatic nitrogens is 1. The van der Waals surface area contributed by atoms with Gasteiger partial charge in [-0.3, -0.25) is 14.2 Å². The third-order valence-corrected chi connectivity index (χ3v) is 6.97. The van der Waals surface area contributed by atoms with E-state index in [0.717, 1.165) is 18.4 Å². The van der Waals surface area contributed by atoms with Gasteiger partial charge in [-0.2, -0.15) is 0 Å². The van der Waals surface area contributed by atoms with Crippen LogP contribution in [0.15, 0.2) is 41.2 Å². The van der Waals surface area contributed by atoms with Crippen molar-refractivity contribution in [1.29, 1.82) is 0 Å². The van der Waals surface area contributed by atoms with Crippen LogP contribution in [0.4, 0.5) is 21.6 Å². The van der Waals surface area contributed by atoms with Gasteiger partial charge in [-0.1, -0.05) is 37.6 Å². The molecule has 8 nitrogen and oxygen atoms in total. The molecule has 4 rings (SSSR count). The van der Waals surface area contributed by atoms with E-state index in [9.17, 15) is 14.0 Å². The molecule has 0 radical (unpaired) electrons. The summed E-state index contributed by atoms with van der Waals surface area (Å²) >= 11 is 7.81. The van der Waals surface area contributed by atoms with Crippen molar-refractivity contribution in [3.05, 3.63) is 74.3 Å². The van der Waals surface area contributed by atoms with Gasteiger partial charge in [-0.05, 0) is 69.5 Å². The van der Waals surface area contributed by atoms with Crippen molar-refractivity contribution >= 4 is 46.8 Å². The molecule has 39 heavy (non-hydrogen) atoms. The Bertz CT molecular complexity index is 1390. The summed E-state index contributed by atoms with van der Waals surface area (Å²) in [5, 5.41) is 6.17. The van der Waals surface area contributed by atoms with Crippen LogP contribution in [0, 0.1) is 25.6 Å². The van der Waals surface area contributed by atoms with Crippen LogP contribution in [0.25, 0.3) is 0 Å². The summed E-state index contributed by atoms with van der Waals surface area (Å²) in [5.74, 6) is -0.113. The highest BCUT2D eigenvalue weighted by atomic mass is 35.5. The summed E-state index contributed by atoms with van der Waals surface area (Å²) in [6, 6.07) is 9.83. The van der Waals surface area contributed by atoms with Gasteiger partial charge in [0.15, 0.2) is 5.75 Å². The number of ether oxygens (including phenoxy) is 1. The van der Waals surface area contributed by atoms with Crippen LogP contribution in [-0.2, 0) is 7.05 Å². The fraction of sp³-hybridized carbons (Fsp3) is 0.357. The topological polar surface area (TPSA) is 96.4 Å². The zero-order chi connectivity index (χ0) is 28.7. The first-order valence-electron chi connectivity index (χ1n) is 12.8. The molecule has 0 unspecified atom stereocenters. The minimum atomic E-state index is -0.510. The molecule has 2 aromatic carbocycles. The van der Waals surface area contributed by atoms with Gasteiger partial charge in [0.2, 0.25) is 0 Å². The summed E-state index contributed by atoms with van der Waals surface area (Å²) in [4.78, 5) is 26.8. The van der Waals surface area contributed by atoms with E-state index in [4.69, 9.17) is 16.3 Å². The lowest BCUT2D eigenvalue weighted by Gasteiger charge is -2.22. The van der Waals surface area contributed by atoms with Crippen molar-refractivity contribution in [3.63, 3.8) is 0 Å². The Hall–Kier alpha value is -3.21. The zero-order valence-electron chi connectivity index (χ0n) is 23.0. The van der Waals surface area contributed by atoms with Crippen molar-refractivity contribution in [2.24, 2.45) is 13.0 Å². The number of halogens is 2. The first-order valence-corrected chi connectivity index (χ1v) is 14.0. The molecule has 1 aromatic heterocycles. The number of nitrogens with zero attached hydrogens (tertiary/aromatic N) is 1. The fourth-order valence-electron chi connectivity index (χ4n) is 3.78.